The van der Waals surface area contributed by atoms with Crippen molar-refractivity contribution in [2.24, 2.45) is 0 Å². The summed E-state index contributed by atoms with van der Waals surface area (Å²) in [5.41, 5.74) is 3.15. The third-order valence-corrected chi connectivity index (χ3v) is 3.32. The minimum atomic E-state index is -0.155. The molecule has 1 atom stereocenters. The van der Waals surface area contributed by atoms with E-state index in [1.54, 1.807) is 0 Å². The average Bonchev–Trinajstić information content (AvgIpc) is 2.41. The van der Waals surface area contributed by atoms with Crippen LogP contribution >= 0.6 is 0 Å². The van der Waals surface area contributed by atoms with Gasteiger partial charge < -0.3 is 20.9 Å². The van der Waals surface area contributed by atoms with Gasteiger partial charge in [-0.15, -0.1) is 0 Å². The van der Waals surface area contributed by atoms with E-state index in [4.69, 9.17) is 0 Å². The van der Waals surface area contributed by atoms with Crippen LogP contribution in [0.15, 0.2) is 18.2 Å². The Hall–Kier alpha value is -1.59. The van der Waals surface area contributed by atoms with Crippen LogP contribution in [0.1, 0.15) is 5.56 Å². The van der Waals surface area contributed by atoms with Gasteiger partial charge >= 0.3 is 0 Å². The van der Waals surface area contributed by atoms with Crippen molar-refractivity contribution >= 4 is 17.3 Å². The monoisotopic (exact) mass is 262 g/mol. The minimum Gasteiger partial charge on any atom is -0.377 e. The van der Waals surface area contributed by atoms with Crippen LogP contribution in [0.4, 0.5) is 11.4 Å². The molecule has 0 aromatic heterocycles. The lowest BCUT2D eigenvalue weighted by Crippen LogP contribution is -2.54. The maximum absolute atomic E-state index is 12.1. The first-order valence-corrected chi connectivity index (χ1v) is 6.61. The molecule has 5 nitrogen and oxygen atoms in total. The van der Waals surface area contributed by atoms with E-state index in [2.05, 4.69) is 22.9 Å². The molecular formula is C14H22N4O. The van der Waals surface area contributed by atoms with Crippen LogP contribution in [-0.4, -0.2) is 45.7 Å². The van der Waals surface area contributed by atoms with Crippen molar-refractivity contribution in [2.75, 3.05) is 43.9 Å². The molecule has 1 aliphatic rings. The number of amides is 1. The van der Waals surface area contributed by atoms with E-state index >= 15 is 0 Å². The first-order chi connectivity index (χ1) is 9.08. The lowest BCUT2D eigenvalue weighted by Gasteiger charge is -2.24. The second-order valence-corrected chi connectivity index (χ2v) is 5.10. The summed E-state index contributed by atoms with van der Waals surface area (Å²) in [6.45, 7) is 4.49. The predicted molar refractivity (Wildman–Crippen MR) is 78.8 cm³/mol. The molecule has 2 rings (SSSR count). The molecule has 1 heterocycles. The highest BCUT2D eigenvalue weighted by molar-refractivity contribution is 5.95. The lowest BCUT2D eigenvalue weighted by molar-refractivity contribution is -0.118. The fourth-order valence-electron chi connectivity index (χ4n) is 2.24. The Morgan fingerprint density at radius 3 is 2.79 bits per heavy atom. The number of aryl methyl sites for hydroxylation is 1. The van der Waals surface area contributed by atoms with Crippen LogP contribution in [0.2, 0.25) is 0 Å². The maximum atomic E-state index is 12.1. The van der Waals surface area contributed by atoms with Crippen LogP contribution in [0.25, 0.3) is 0 Å². The molecule has 1 aromatic carbocycles. The third kappa shape index (κ3) is 3.45. The third-order valence-electron chi connectivity index (χ3n) is 3.32. The number of benzene rings is 1. The molecule has 1 amide bonds. The van der Waals surface area contributed by atoms with Gasteiger partial charge in [-0.05, 0) is 24.6 Å². The first-order valence-electron chi connectivity index (χ1n) is 6.61. The van der Waals surface area contributed by atoms with Crippen LogP contribution in [0.5, 0.6) is 0 Å². The van der Waals surface area contributed by atoms with Crippen LogP contribution < -0.4 is 20.9 Å². The zero-order valence-corrected chi connectivity index (χ0v) is 11.8. The van der Waals surface area contributed by atoms with E-state index < -0.39 is 0 Å². The Kier molecular flexibility index (Phi) is 4.39. The van der Waals surface area contributed by atoms with Crippen LogP contribution in [-0.2, 0) is 4.79 Å². The van der Waals surface area contributed by atoms with Crippen LogP contribution in [0.3, 0.4) is 0 Å². The van der Waals surface area contributed by atoms with Crippen molar-refractivity contribution in [1.82, 2.24) is 10.6 Å². The molecule has 3 N–H and O–H groups in total. The summed E-state index contributed by atoms with van der Waals surface area (Å²) in [7, 11) is 4.00. The van der Waals surface area contributed by atoms with Crippen LogP contribution in [0, 0.1) is 6.92 Å². The predicted octanol–water partition coefficient (Wildman–Crippen LogP) is 0.561. The summed E-state index contributed by atoms with van der Waals surface area (Å²) in [6.07, 6.45) is 0. The molecule has 0 spiro atoms. The SMILES string of the molecule is Cc1ccc(NC(=O)C2CNCCN2)cc1N(C)C. The molecule has 0 aliphatic carbocycles. The topological polar surface area (TPSA) is 56.4 Å². The molecule has 1 aliphatic heterocycles. The number of nitrogens with one attached hydrogen (secondary N) is 3. The van der Waals surface area contributed by atoms with E-state index in [0.29, 0.717) is 6.54 Å². The number of carbonyl (C=O) groups excluding carboxylic acids is 1. The van der Waals surface area contributed by atoms with Gasteiger partial charge in [-0.2, -0.15) is 0 Å². The molecule has 1 fully saturated rings. The standard InChI is InChI=1S/C14H22N4O/c1-10-4-5-11(8-13(10)18(2)3)17-14(19)12-9-15-6-7-16-12/h4-5,8,12,15-16H,6-7,9H2,1-3H3,(H,17,19). The first kappa shape index (κ1) is 13.8. The molecule has 0 saturated carbocycles. The van der Waals surface area contributed by atoms with Crippen molar-refractivity contribution in [3.05, 3.63) is 23.8 Å². The number of piperazine rings is 1. The molecule has 104 valence electrons. The highest BCUT2D eigenvalue weighted by Crippen LogP contribution is 2.22. The Balaban J connectivity index is 2.06. The van der Waals surface area contributed by atoms with Gasteiger partial charge in [0.05, 0.1) is 6.04 Å². The lowest BCUT2D eigenvalue weighted by atomic mass is 10.1. The summed E-state index contributed by atoms with van der Waals surface area (Å²) < 4.78 is 0. The molecule has 0 bridgehead atoms. The normalized spacial score (nSPS) is 19.0. The van der Waals surface area contributed by atoms with Gasteiger partial charge in [0, 0.05) is 45.1 Å². The smallest absolute Gasteiger partial charge is 0.242 e. The molecule has 19 heavy (non-hydrogen) atoms. The number of nitrogens with zero attached hydrogens (tertiary/aromatic N) is 1. The van der Waals surface area contributed by atoms with E-state index in [1.807, 2.05) is 37.2 Å². The van der Waals surface area contributed by atoms with Crippen molar-refractivity contribution in [1.29, 1.82) is 0 Å². The Bertz CT molecular complexity index is 453. The zero-order valence-electron chi connectivity index (χ0n) is 11.8. The van der Waals surface area contributed by atoms with Gasteiger partial charge in [-0.3, -0.25) is 4.79 Å². The van der Waals surface area contributed by atoms with Gasteiger partial charge in [0.2, 0.25) is 5.91 Å². The van der Waals surface area contributed by atoms with E-state index in [1.165, 1.54) is 5.56 Å². The molecular weight excluding hydrogens is 240 g/mol. The largest absolute Gasteiger partial charge is 0.377 e. The maximum Gasteiger partial charge on any atom is 0.242 e. The summed E-state index contributed by atoms with van der Waals surface area (Å²) in [6, 6.07) is 5.81. The zero-order chi connectivity index (χ0) is 13.8. The fraction of sp³-hybridized carbons (Fsp3) is 0.500. The average molecular weight is 262 g/mol. The minimum absolute atomic E-state index is 0.0146. The number of rotatable bonds is 3. The second-order valence-electron chi connectivity index (χ2n) is 5.10. The van der Waals surface area contributed by atoms with Gasteiger partial charge in [0.25, 0.3) is 0 Å². The molecule has 1 unspecified atom stereocenters. The number of hydrogen-bond acceptors (Lipinski definition) is 4. The number of hydrogen-bond donors (Lipinski definition) is 3. The van der Waals surface area contributed by atoms with Crippen molar-refractivity contribution in [3.63, 3.8) is 0 Å². The molecule has 5 heteroatoms. The van der Waals surface area contributed by atoms with Crippen molar-refractivity contribution < 1.29 is 4.79 Å². The Morgan fingerprint density at radius 1 is 1.37 bits per heavy atom. The summed E-state index contributed by atoms with van der Waals surface area (Å²) in [5, 5.41) is 9.38. The Morgan fingerprint density at radius 2 is 2.16 bits per heavy atom. The highest BCUT2D eigenvalue weighted by Gasteiger charge is 2.20. The Labute approximate surface area is 114 Å². The fourth-order valence-corrected chi connectivity index (χ4v) is 2.24. The highest BCUT2D eigenvalue weighted by atomic mass is 16.2. The molecule has 0 radical (unpaired) electrons. The number of anilines is 2. The van der Waals surface area contributed by atoms with Crippen molar-refractivity contribution in [3.8, 4) is 0 Å². The number of carbonyl (C=O) groups is 1. The van der Waals surface area contributed by atoms with E-state index in [9.17, 15) is 4.79 Å². The van der Waals surface area contributed by atoms with Gasteiger partial charge in [0.15, 0.2) is 0 Å². The molecule has 1 saturated heterocycles. The van der Waals surface area contributed by atoms with E-state index in [0.717, 1.165) is 24.5 Å². The summed E-state index contributed by atoms with van der Waals surface area (Å²) >= 11 is 0. The second kappa shape index (κ2) is 6.04. The van der Waals surface area contributed by atoms with E-state index in [-0.39, 0.29) is 11.9 Å². The summed E-state index contributed by atoms with van der Waals surface area (Å²) in [5.74, 6) is 0.0146. The molecule has 1 aromatic rings. The van der Waals surface area contributed by atoms with Gasteiger partial charge in [0.1, 0.15) is 0 Å². The quantitative estimate of drug-likeness (QED) is 0.745. The van der Waals surface area contributed by atoms with Gasteiger partial charge in [-0.1, -0.05) is 6.07 Å². The van der Waals surface area contributed by atoms with Gasteiger partial charge in [-0.25, -0.2) is 0 Å². The summed E-state index contributed by atoms with van der Waals surface area (Å²) in [4.78, 5) is 14.2. The van der Waals surface area contributed by atoms with Crippen molar-refractivity contribution in [2.45, 2.75) is 13.0 Å².